The number of hydrogen-bond donors (Lipinski definition) is 2. The van der Waals surface area contributed by atoms with Gasteiger partial charge in [-0.05, 0) is 47.7 Å². The fraction of sp³-hybridized carbons (Fsp3) is 0.333. The van der Waals surface area contributed by atoms with Crippen LogP contribution in [-0.2, 0) is 4.79 Å². The van der Waals surface area contributed by atoms with Crippen molar-refractivity contribution in [1.29, 1.82) is 0 Å². The van der Waals surface area contributed by atoms with Crippen LogP contribution in [0.5, 0.6) is 5.75 Å². The second kappa shape index (κ2) is 6.58. The largest absolute Gasteiger partial charge is 0.507 e. The number of carbonyl (C=O) groups is 2. The Labute approximate surface area is 119 Å². The Morgan fingerprint density at radius 3 is 2.67 bits per heavy atom. The molecular formula is C12H15IN2O3. The van der Waals surface area contributed by atoms with Gasteiger partial charge in [0.05, 0.1) is 12.1 Å². The van der Waals surface area contributed by atoms with Gasteiger partial charge in [-0.1, -0.05) is 0 Å². The number of nitrogens with zero attached hydrogens (tertiary/aromatic N) is 1. The Hall–Kier alpha value is -1.31. The standard InChI is InChI=1S/C12H15IN2O3/c1-3-15(7-11(17)14-2)12(18)9-6-8(13)4-5-10(9)16/h4-6,16H,3,7H2,1-2H3,(H,14,17). The van der Waals surface area contributed by atoms with Gasteiger partial charge in [-0.25, -0.2) is 0 Å². The fourth-order valence-corrected chi connectivity index (χ4v) is 1.92. The zero-order chi connectivity index (χ0) is 13.7. The summed E-state index contributed by atoms with van der Waals surface area (Å²) in [5.74, 6) is -0.664. The number of amides is 2. The smallest absolute Gasteiger partial charge is 0.258 e. The van der Waals surface area contributed by atoms with Gasteiger partial charge in [0, 0.05) is 17.2 Å². The number of likely N-dealkylation sites (N-methyl/N-ethyl adjacent to an activating group) is 2. The van der Waals surface area contributed by atoms with E-state index in [1.165, 1.54) is 18.0 Å². The minimum Gasteiger partial charge on any atom is -0.507 e. The van der Waals surface area contributed by atoms with Gasteiger partial charge in [-0.2, -0.15) is 0 Å². The number of halogens is 1. The number of carbonyl (C=O) groups excluding carboxylic acids is 2. The van der Waals surface area contributed by atoms with Crippen LogP contribution in [0.2, 0.25) is 0 Å². The maximum atomic E-state index is 12.2. The first-order chi connectivity index (χ1) is 8.49. The quantitative estimate of drug-likeness (QED) is 0.791. The lowest BCUT2D eigenvalue weighted by molar-refractivity contribution is -0.121. The van der Waals surface area contributed by atoms with Crippen LogP contribution in [0.1, 0.15) is 17.3 Å². The number of aromatic hydroxyl groups is 1. The average Bonchev–Trinajstić information content (AvgIpc) is 2.37. The second-order valence-corrected chi connectivity index (χ2v) is 4.90. The van der Waals surface area contributed by atoms with E-state index in [4.69, 9.17) is 0 Å². The van der Waals surface area contributed by atoms with Crippen molar-refractivity contribution in [3.05, 3.63) is 27.3 Å². The Balaban J connectivity index is 2.96. The van der Waals surface area contributed by atoms with Crippen LogP contribution in [0, 0.1) is 3.57 Å². The molecule has 0 bridgehead atoms. The molecule has 5 nitrogen and oxygen atoms in total. The Kier molecular flexibility index (Phi) is 5.39. The molecule has 1 aromatic carbocycles. The molecule has 0 unspecified atom stereocenters. The first-order valence-electron chi connectivity index (χ1n) is 5.48. The normalized spacial score (nSPS) is 9.94. The van der Waals surface area contributed by atoms with Crippen molar-refractivity contribution in [3.8, 4) is 5.75 Å². The number of nitrogens with one attached hydrogen (secondary N) is 1. The molecule has 0 aliphatic carbocycles. The van der Waals surface area contributed by atoms with E-state index >= 15 is 0 Å². The Morgan fingerprint density at radius 2 is 2.11 bits per heavy atom. The maximum Gasteiger partial charge on any atom is 0.258 e. The lowest BCUT2D eigenvalue weighted by atomic mass is 10.1. The first-order valence-corrected chi connectivity index (χ1v) is 6.55. The van der Waals surface area contributed by atoms with Crippen LogP contribution in [0.4, 0.5) is 0 Å². The van der Waals surface area contributed by atoms with Crippen molar-refractivity contribution in [3.63, 3.8) is 0 Å². The first kappa shape index (κ1) is 14.7. The van der Waals surface area contributed by atoms with Crippen LogP contribution in [0.15, 0.2) is 18.2 Å². The molecule has 0 saturated carbocycles. The van der Waals surface area contributed by atoms with Gasteiger partial charge in [0.1, 0.15) is 5.75 Å². The highest BCUT2D eigenvalue weighted by Gasteiger charge is 2.19. The highest BCUT2D eigenvalue weighted by molar-refractivity contribution is 14.1. The molecule has 2 N–H and O–H groups in total. The van der Waals surface area contributed by atoms with Crippen molar-refractivity contribution in [2.75, 3.05) is 20.1 Å². The van der Waals surface area contributed by atoms with Gasteiger partial charge >= 0.3 is 0 Å². The van der Waals surface area contributed by atoms with E-state index in [-0.39, 0.29) is 29.7 Å². The van der Waals surface area contributed by atoms with Crippen LogP contribution in [0.3, 0.4) is 0 Å². The molecular weight excluding hydrogens is 347 g/mol. The minimum atomic E-state index is -0.350. The summed E-state index contributed by atoms with van der Waals surface area (Å²) in [4.78, 5) is 24.9. The number of phenolic OH excluding ortho intramolecular Hbond substituents is 1. The summed E-state index contributed by atoms with van der Waals surface area (Å²) in [7, 11) is 1.52. The third-order valence-electron chi connectivity index (χ3n) is 2.47. The molecule has 18 heavy (non-hydrogen) atoms. The zero-order valence-electron chi connectivity index (χ0n) is 10.2. The zero-order valence-corrected chi connectivity index (χ0v) is 12.4. The van der Waals surface area contributed by atoms with Gasteiger partial charge < -0.3 is 15.3 Å². The third-order valence-corrected chi connectivity index (χ3v) is 3.14. The van der Waals surface area contributed by atoms with Crippen LogP contribution >= 0.6 is 22.6 Å². The molecule has 0 aliphatic heterocycles. The monoisotopic (exact) mass is 362 g/mol. The van der Waals surface area contributed by atoms with Gasteiger partial charge in [0.15, 0.2) is 0 Å². The predicted molar refractivity (Wildman–Crippen MR) is 76.5 cm³/mol. The second-order valence-electron chi connectivity index (χ2n) is 3.65. The summed E-state index contributed by atoms with van der Waals surface area (Å²) < 4.78 is 0.852. The van der Waals surface area contributed by atoms with Gasteiger partial charge in [0.25, 0.3) is 5.91 Å². The highest BCUT2D eigenvalue weighted by atomic mass is 127. The van der Waals surface area contributed by atoms with Crippen molar-refractivity contribution < 1.29 is 14.7 Å². The molecule has 0 aromatic heterocycles. The Morgan fingerprint density at radius 1 is 1.44 bits per heavy atom. The average molecular weight is 362 g/mol. The molecule has 0 spiro atoms. The van der Waals surface area contributed by atoms with E-state index in [0.29, 0.717) is 6.54 Å². The highest BCUT2D eigenvalue weighted by Crippen LogP contribution is 2.21. The van der Waals surface area contributed by atoms with Gasteiger partial charge in [-0.3, -0.25) is 9.59 Å². The van der Waals surface area contributed by atoms with E-state index in [1.54, 1.807) is 19.1 Å². The summed E-state index contributed by atoms with van der Waals surface area (Å²) >= 11 is 2.06. The summed E-state index contributed by atoms with van der Waals surface area (Å²) in [6.45, 7) is 2.17. The predicted octanol–water partition coefficient (Wildman–Crippen LogP) is 1.20. The van der Waals surface area contributed by atoms with Gasteiger partial charge in [0.2, 0.25) is 5.91 Å². The summed E-state index contributed by atoms with van der Waals surface area (Å²) in [6, 6.07) is 4.79. The van der Waals surface area contributed by atoms with Crippen molar-refractivity contribution in [2.24, 2.45) is 0 Å². The maximum absolute atomic E-state index is 12.2. The topological polar surface area (TPSA) is 69.6 Å². The van der Waals surface area contributed by atoms with Crippen molar-refractivity contribution in [2.45, 2.75) is 6.92 Å². The lowest BCUT2D eigenvalue weighted by Crippen LogP contribution is -2.39. The van der Waals surface area contributed by atoms with E-state index in [9.17, 15) is 14.7 Å². The molecule has 1 rings (SSSR count). The molecule has 0 saturated heterocycles. The molecule has 0 atom stereocenters. The molecule has 6 heteroatoms. The molecule has 0 aliphatic rings. The van der Waals surface area contributed by atoms with Crippen LogP contribution in [-0.4, -0.2) is 42.0 Å². The van der Waals surface area contributed by atoms with E-state index in [0.717, 1.165) is 3.57 Å². The van der Waals surface area contributed by atoms with E-state index in [1.807, 2.05) is 0 Å². The molecule has 0 fully saturated rings. The number of phenols is 1. The molecule has 2 amide bonds. The molecule has 98 valence electrons. The van der Waals surface area contributed by atoms with Gasteiger partial charge in [-0.15, -0.1) is 0 Å². The Bertz CT molecular complexity index is 463. The van der Waals surface area contributed by atoms with Crippen molar-refractivity contribution >= 4 is 34.4 Å². The lowest BCUT2D eigenvalue weighted by Gasteiger charge is -2.20. The van der Waals surface area contributed by atoms with Crippen molar-refractivity contribution in [1.82, 2.24) is 10.2 Å². The molecule has 1 aromatic rings. The number of rotatable bonds is 4. The van der Waals surface area contributed by atoms with Crippen LogP contribution in [0.25, 0.3) is 0 Å². The summed E-state index contributed by atoms with van der Waals surface area (Å²) in [5.41, 5.74) is 0.215. The molecule has 0 radical (unpaired) electrons. The minimum absolute atomic E-state index is 0.0171. The van der Waals surface area contributed by atoms with Crippen LogP contribution < -0.4 is 5.32 Å². The van der Waals surface area contributed by atoms with E-state index < -0.39 is 0 Å². The van der Waals surface area contributed by atoms with E-state index in [2.05, 4.69) is 27.9 Å². The third kappa shape index (κ3) is 3.59. The SMILES string of the molecule is CCN(CC(=O)NC)C(=O)c1cc(I)ccc1O. The number of benzene rings is 1. The fourth-order valence-electron chi connectivity index (χ4n) is 1.43. The molecule has 0 heterocycles. The summed E-state index contributed by atoms with van der Waals surface area (Å²) in [6.07, 6.45) is 0. The number of hydrogen-bond acceptors (Lipinski definition) is 3. The summed E-state index contributed by atoms with van der Waals surface area (Å²) in [5, 5.41) is 12.2.